The second-order valence-corrected chi connectivity index (χ2v) is 6.46. The van der Waals surface area contributed by atoms with Crippen LogP contribution in [0.2, 0.25) is 0 Å². The summed E-state index contributed by atoms with van der Waals surface area (Å²) in [5, 5.41) is 6.30. The molecule has 0 unspecified atom stereocenters. The van der Waals surface area contributed by atoms with Crippen LogP contribution in [-0.4, -0.2) is 20.0 Å². The van der Waals surface area contributed by atoms with Crippen molar-refractivity contribution in [2.75, 3.05) is 5.32 Å². The van der Waals surface area contributed by atoms with Gasteiger partial charge in [-0.1, -0.05) is 6.07 Å². The molecule has 3 heterocycles. The average Bonchev–Trinajstić information content (AvgIpc) is 3.18. The first-order chi connectivity index (χ1) is 11.6. The lowest BCUT2D eigenvalue weighted by Crippen LogP contribution is -2.27. The quantitative estimate of drug-likeness (QED) is 0.624. The van der Waals surface area contributed by atoms with E-state index in [1.54, 1.807) is 6.07 Å². The molecule has 0 aliphatic carbocycles. The van der Waals surface area contributed by atoms with Crippen LogP contribution in [0.4, 0.5) is 5.69 Å². The molecule has 1 N–H and O–H groups in total. The molecule has 4 rings (SSSR count). The van der Waals surface area contributed by atoms with E-state index in [4.69, 9.17) is 0 Å². The Kier molecular flexibility index (Phi) is 3.42. The van der Waals surface area contributed by atoms with E-state index in [1.165, 1.54) is 22.2 Å². The smallest absolute Gasteiger partial charge is 0.262 e. The van der Waals surface area contributed by atoms with Crippen molar-refractivity contribution in [3.05, 3.63) is 58.6 Å². The third kappa shape index (κ3) is 2.48. The van der Waals surface area contributed by atoms with Crippen molar-refractivity contribution in [3.8, 4) is 0 Å². The zero-order valence-corrected chi connectivity index (χ0v) is 13.7. The number of thiophene rings is 1. The third-order valence-corrected chi connectivity index (χ3v) is 4.76. The number of carbonyl (C=O) groups is 1. The van der Waals surface area contributed by atoms with E-state index in [0.717, 1.165) is 10.9 Å². The van der Waals surface area contributed by atoms with Gasteiger partial charge in [0.05, 0.1) is 11.7 Å². The second kappa shape index (κ2) is 5.61. The Labute approximate surface area is 141 Å². The fourth-order valence-electron chi connectivity index (χ4n) is 2.70. The van der Waals surface area contributed by atoms with Gasteiger partial charge in [0.1, 0.15) is 11.4 Å². The van der Waals surface area contributed by atoms with Crippen molar-refractivity contribution in [1.82, 2.24) is 14.1 Å². The second-order valence-electron chi connectivity index (χ2n) is 5.57. The minimum Gasteiger partial charge on any atom is -0.350 e. The maximum Gasteiger partial charge on any atom is 0.262 e. The summed E-state index contributed by atoms with van der Waals surface area (Å²) in [6.07, 6.45) is 3.39. The molecule has 0 aliphatic heterocycles. The molecule has 4 aromatic rings. The number of hydrogen-bond donors (Lipinski definition) is 1. The predicted molar refractivity (Wildman–Crippen MR) is 95.4 cm³/mol. The number of benzene rings is 1. The van der Waals surface area contributed by atoms with Gasteiger partial charge in [0, 0.05) is 24.4 Å². The number of nitrogens with one attached hydrogen (secondary N) is 1. The molecule has 7 heteroatoms. The van der Waals surface area contributed by atoms with E-state index in [9.17, 15) is 9.59 Å². The molecule has 0 bridgehead atoms. The van der Waals surface area contributed by atoms with E-state index in [-0.39, 0.29) is 18.0 Å². The number of aryl methyl sites for hydroxylation is 1. The first kappa shape index (κ1) is 14.6. The number of amides is 1. The molecule has 6 nitrogen and oxygen atoms in total. The van der Waals surface area contributed by atoms with E-state index < -0.39 is 0 Å². The standard InChI is InChI=1S/C17H14N4O2S/c1-20-6-4-11-2-3-12(8-14(11)20)19-15(22)9-21-10-18-16-13(17(21)23)5-7-24-16/h2-8,10H,9H2,1H3,(H,19,22). The molecule has 0 saturated carbocycles. The SMILES string of the molecule is Cn1ccc2ccc(NC(=O)Cn3cnc4sccc4c3=O)cc21. The number of aromatic nitrogens is 3. The first-order valence-corrected chi connectivity index (χ1v) is 8.27. The maximum atomic E-state index is 12.3. The summed E-state index contributed by atoms with van der Waals surface area (Å²) in [6, 6.07) is 9.46. The van der Waals surface area contributed by atoms with Crippen LogP contribution < -0.4 is 10.9 Å². The van der Waals surface area contributed by atoms with Crippen LogP contribution in [-0.2, 0) is 18.4 Å². The number of nitrogens with zero attached hydrogens (tertiary/aromatic N) is 3. The average molecular weight is 338 g/mol. The molecule has 24 heavy (non-hydrogen) atoms. The Morgan fingerprint density at radius 3 is 3.04 bits per heavy atom. The number of carbonyl (C=O) groups excluding carboxylic acids is 1. The fourth-order valence-corrected chi connectivity index (χ4v) is 3.42. The van der Waals surface area contributed by atoms with Crippen molar-refractivity contribution >= 4 is 44.1 Å². The van der Waals surface area contributed by atoms with Crippen LogP contribution in [0, 0.1) is 0 Å². The van der Waals surface area contributed by atoms with E-state index in [0.29, 0.717) is 15.9 Å². The van der Waals surface area contributed by atoms with Crippen molar-refractivity contribution in [2.45, 2.75) is 6.54 Å². The van der Waals surface area contributed by atoms with Gasteiger partial charge in [-0.25, -0.2) is 4.98 Å². The largest absolute Gasteiger partial charge is 0.350 e. The molecular formula is C17H14N4O2S. The van der Waals surface area contributed by atoms with E-state index >= 15 is 0 Å². The molecule has 0 atom stereocenters. The molecule has 0 radical (unpaired) electrons. The summed E-state index contributed by atoms with van der Waals surface area (Å²) >= 11 is 1.41. The van der Waals surface area contributed by atoms with Crippen molar-refractivity contribution in [1.29, 1.82) is 0 Å². The summed E-state index contributed by atoms with van der Waals surface area (Å²) in [5.41, 5.74) is 1.53. The van der Waals surface area contributed by atoms with Gasteiger partial charge in [-0.3, -0.25) is 14.2 Å². The Morgan fingerprint density at radius 1 is 1.29 bits per heavy atom. The van der Waals surface area contributed by atoms with Crippen molar-refractivity contribution in [3.63, 3.8) is 0 Å². The Hall–Kier alpha value is -2.93. The molecule has 0 aliphatic rings. The molecule has 120 valence electrons. The van der Waals surface area contributed by atoms with Crippen LogP contribution in [0.1, 0.15) is 0 Å². The Morgan fingerprint density at radius 2 is 2.17 bits per heavy atom. The van der Waals surface area contributed by atoms with E-state index in [1.807, 2.05) is 47.5 Å². The van der Waals surface area contributed by atoms with Gasteiger partial charge < -0.3 is 9.88 Å². The van der Waals surface area contributed by atoms with Crippen LogP contribution in [0.5, 0.6) is 0 Å². The zero-order chi connectivity index (χ0) is 16.7. The van der Waals surface area contributed by atoms with Gasteiger partial charge in [-0.05, 0) is 35.0 Å². The summed E-state index contributed by atoms with van der Waals surface area (Å²) in [7, 11) is 1.95. The van der Waals surface area contributed by atoms with Crippen molar-refractivity contribution < 1.29 is 4.79 Å². The van der Waals surface area contributed by atoms with Gasteiger partial charge in [0.2, 0.25) is 5.91 Å². The highest BCUT2D eigenvalue weighted by Gasteiger charge is 2.10. The summed E-state index contributed by atoms with van der Waals surface area (Å²) in [6.45, 7) is -0.0667. The first-order valence-electron chi connectivity index (χ1n) is 7.39. The van der Waals surface area contributed by atoms with Gasteiger partial charge in [-0.2, -0.15) is 0 Å². The van der Waals surface area contributed by atoms with Crippen LogP contribution in [0.3, 0.4) is 0 Å². The molecule has 0 spiro atoms. The highest BCUT2D eigenvalue weighted by atomic mass is 32.1. The molecule has 0 fully saturated rings. The summed E-state index contributed by atoms with van der Waals surface area (Å²) < 4.78 is 3.31. The topological polar surface area (TPSA) is 68.9 Å². The predicted octanol–water partition coefficient (Wildman–Crippen LogP) is 2.59. The lowest BCUT2D eigenvalue weighted by atomic mass is 10.2. The fraction of sp³-hybridized carbons (Fsp3) is 0.118. The number of rotatable bonds is 3. The molecule has 1 aromatic carbocycles. The minimum absolute atomic E-state index is 0.0667. The lowest BCUT2D eigenvalue weighted by molar-refractivity contribution is -0.116. The minimum atomic E-state index is -0.262. The van der Waals surface area contributed by atoms with Gasteiger partial charge in [-0.15, -0.1) is 11.3 Å². The Balaban J connectivity index is 1.57. The van der Waals surface area contributed by atoms with E-state index in [2.05, 4.69) is 10.3 Å². The molecule has 1 amide bonds. The van der Waals surface area contributed by atoms with Gasteiger partial charge in [0.25, 0.3) is 5.56 Å². The van der Waals surface area contributed by atoms with Gasteiger partial charge >= 0.3 is 0 Å². The van der Waals surface area contributed by atoms with Crippen LogP contribution >= 0.6 is 11.3 Å². The lowest BCUT2D eigenvalue weighted by Gasteiger charge is -2.08. The summed E-state index contributed by atoms with van der Waals surface area (Å²) in [5.74, 6) is -0.262. The normalized spacial score (nSPS) is 11.2. The van der Waals surface area contributed by atoms with Gasteiger partial charge in [0.15, 0.2) is 0 Å². The number of hydrogen-bond acceptors (Lipinski definition) is 4. The van der Waals surface area contributed by atoms with Crippen molar-refractivity contribution in [2.24, 2.45) is 7.05 Å². The van der Waals surface area contributed by atoms with Crippen LogP contribution in [0.25, 0.3) is 21.1 Å². The molecular weight excluding hydrogens is 324 g/mol. The Bertz CT molecular complexity index is 1120. The third-order valence-electron chi connectivity index (χ3n) is 3.94. The highest BCUT2D eigenvalue weighted by Crippen LogP contribution is 2.19. The number of anilines is 1. The maximum absolute atomic E-state index is 12.3. The highest BCUT2D eigenvalue weighted by molar-refractivity contribution is 7.16. The monoisotopic (exact) mass is 338 g/mol. The molecule has 0 saturated heterocycles. The molecule has 3 aromatic heterocycles. The number of fused-ring (bicyclic) bond motifs is 2. The van der Waals surface area contributed by atoms with Crippen LogP contribution in [0.15, 0.2) is 53.0 Å². The summed E-state index contributed by atoms with van der Waals surface area (Å²) in [4.78, 5) is 29.5. The zero-order valence-electron chi connectivity index (χ0n) is 12.9.